The van der Waals surface area contributed by atoms with E-state index in [1.165, 1.54) is 16.5 Å². The Morgan fingerprint density at radius 1 is 1.47 bits per heavy atom. The lowest BCUT2D eigenvalue weighted by Gasteiger charge is -1.98. The SMILES string of the molecule is O=C(O)CCc1nnc2cccc(F)n12. The first kappa shape index (κ1) is 9.57. The van der Waals surface area contributed by atoms with Gasteiger partial charge in [-0.25, -0.2) is 0 Å². The number of hydrogen-bond donors (Lipinski definition) is 1. The standard InChI is InChI=1S/C9H8FN3O2/c10-6-2-1-3-7-11-12-8(13(6)7)4-5-9(14)15/h1-3H,4-5H2,(H,14,15). The van der Waals surface area contributed by atoms with Crippen LogP contribution in [0.1, 0.15) is 12.2 Å². The van der Waals surface area contributed by atoms with Crippen LogP contribution >= 0.6 is 0 Å². The number of carboxylic acid groups (broad SMARTS) is 1. The second-order valence-electron chi connectivity index (χ2n) is 3.05. The molecular weight excluding hydrogens is 201 g/mol. The lowest BCUT2D eigenvalue weighted by atomic mass is 10.3. The summed E-state index contributed by atoms with van der Waals surface area (Å²) in [6.07, 6.45) is 0.0760. The number of pyridine rings is 1. The fourth-order valence-corrected chi connectivity index (χ4v) is 1.34. The molecule has 78 valence electrons. The largest absolute Gasteiger partial charge is 0.481 e. The van der Waals surface area contributed by atoms with Crippen molar-refractivity contribution in [3.63, 3.8) is 0 Å². The lowest BCUT2D eigenvalue weighted by Crippen LogP contribution is -2.03. The third kappa shape index (κ3) is 1.78. The van der Waals surface area contributed by atoms with E-state index in [0.29, 0.717) is 11.5 Å². The minimum absolute atomic E-state index is 0.0882. The fraction of sp³-hybridized carbons (Fsp3) is 0.222. The van der Waals surface area contributed by atoms with E-state index in [0.717, 1.165) is 0 Å². The average molecular weight is 209 g/mol. The Hall–Kier alpha value is -1.98. The van der Waals surface area contributed by atoms with E-state index >= 15 is 0 Å². The van der Waals surface area contributed by atoms with Gasteiger partial charge in [0.25, 0.3) is 0 Å². The summed E-state index contributed by atoms with van der Waals surface area (Å²) in [6.45, 7) is 0. The monoisotopic (exact) mass is 209 g/mol. The Balaban J connectivity index is 2.39. The number of fused-ring (bicyclic) bond motifs is 1. The number of hydrogen-bond acceptors (Lipinski definition) is 3. The number of halogens is 1. The maximum atomic E-state index is 13.3. The molecule has 0 saturated heterocycles. The van der Waals surface area contributed by atoms with Gasteiger partial charge in [-0.2, -0.15) is 4.39 Å². The zero-order valence-electron chi connectivity index (χ0n) is 7.72. The fourth-order valence-electron chi connectivity index (χ4n) is 1.34. The topological polar surface area (TPSA) is 67.5 Å². The van der Waals surface area contributed by atoms with Gasteiger partial charge in [-0.15, -0.1) is 10.2 Å². The summed E-state index contributed by atoms with van der Waals surface area (Å²) in [5.41, 5.74) is 0.385. The maximum Gasteiger partial charge on any atom is 0.303 e. The van der Waals surface area contributed by atoms with Crippen molar-refractivity contribution in [2.24, 2.45) is 0 Å². The number of carboxylic acids is 1. The van der Waals surface area contributed by atoms with Crippen LogP contribution in [0.3, 0.4) is 0 Å². The van der Waals surface area contributed by atoms with Gasteiger partial charge in [0, 0.05) is 6.42 Å². The number of aromatic nitrogens is 3. The van der Waals surface area contributed by atoms with Gasteiger partial charge >= 0.3 is 5.97 Å². The summed E-state index contributed by atoms with van der Waals surface area (Å²) in [7, 11) is 0. The van der Waals surface area contributed by atoms with Crippen LogP contribution in [0.2, 0.25) is 0 Å². The Labute approximate surface area is 84.2 Å². The zero-order chi connectivity index (χ0) is 10.8. The summed E-state index contributed by atoms with van der Waals surface area (Å²) in [6, 6.07) is 4.42. The molecule has 0 bridgehead atoms. The molecule has 0 atom stereocenters. The van der Waals surface area contributed by atoms with Crippen LogP contribution in [0, 0.1) is 5.95 Å². The number of carbonyl (C=O) groups is 1. The summed E-state index contributed by atoms with van der Waals surface area (Å²) < 4.78 is 14.6. The van der Waals surface area contributed by atoms with Crippen molar-refractivity contribution in [2.75, 3.05) is 0 Å². The van der Waals surface area contributed by atoms with Crippen molar-refractivity contribution in [1.82, 2.24) is 14.6 Å². The molecule has 0 aromatic carbocycles. The number of aliphatic carboxylic acids is 1. The molecule has 5 nitrogen and oxygen atoms in total. The minimum atomic E-state index is -0.942. The molecule has 6 heteroatoms. The molecule has 2 aromatic heterocycles. The third-order valence-electron chi connectivity index (χ3n) is 2.01. The molecule has 2 heterocycles. The van der Waals surface area contributed by atoms with Gasteiger partial charge in [-0.3, -0.25) is 9.20 Å². The van der Waals surface area contributed by atoms with Crippen LogP contribution in [0.5, 0.6) is 0 Å². The molecule has 0 fully saturated rings. The van der Waals surface area contributed by atoms with Crippen molar-refractivity contribution in [2.45, 2.75) is 12.8 Å². The van der Waals surface area contributed by atoms with E-state index < -0.39 is 11.9 Å². The van der Waals surface area contributed by atoms with Crippen molar-refractivity contribution in [3.05, 3.63) is 30.0 Å². The van der Waals surface area contributed by atoms with Gasteiger partial charge in [-0.1, -0.05) is 6.07 Å². The first-order chi connectivity index (χ1) is 7.18. The highest BCUT2D eigenvalue weighted by Crippen LogP contribution is 2.08. The van der Waals surface area contributed by atoms with E-state index in [1.807, 2.05) is 0 Å². The normalized spacial score (nSPS) is 10.7. The van der Waals surface area contributed by atoms with Gasteiger partial charge in [0.05, 0.1) is 6.42 Å². The van der Waals surface area contributed by atoms with Crippen LogP contribution < -0.4 is 0 Å². The number of nitrogens with zero attached hydrogens (tertiary/aromatic N) is 3. The van der Waals surface area contributed by atoms with Crippen molar-refractivity contribution >= 4 is 11.6 Å². The van der Waals surface area contributed by atoms with E-state index in [1.54, 1.807) is 6.07 Å². The summed E-state index contributed by atoms with van der Waals surface area (Å²) in [5.74, 6) is -1.11. The quantitative estimate of drug-likeness (QED) is 0.762. The van der Waals surface area contributed by atoms with Gasteiger partial charge in [0.2, 0.25) is 5.95 Å². The molecule has 0 amide bonds. The predicted molar refractivity (Wildman–Crippen MR) is 48.9 cm³/mol. The highest BCUT2D eigenvalue weighted by molar-refractivity contribution is 5.66. The van der Waals surface area contributed by atoms with Gasteiger partial charge < -0.3 is 5.11 Å². The van der Waals surface area contributed by atoms with Crippen LogP contribution in [0.4, 0.5) is 4.39 Å². The summed E-state index contributed by atoms with van der Waals surface area (Å²) in [4.78, 5) is 10.4. The molecule has 0 unspecified atom stereocenters. The molecule has 1 N–H and O–H groups in total. The van der Waals surface area contributed by atoms with Gasteiger partial charge in [0.1, 0.15) is 5.82 Å². The van der Waals surface area contributed by atoms with Crippen LogP contribution in [0.15, 0.2) is 18.2 Å². The molecule has 0 radical (unpaired) electrons. The molecule has 2 aromatic rings. The van der Waals surface area contributed by atoms with Crippen molar-refractivity contribution < 1.29 is 14.3 Å². The summed E-state index contributed by atoms with van der Waals surface area (Å²) in [5, 5.41) is 16.0. The highest BCUT2D eigenvalue weighted by atomic mass is 19.1. The first-order valence-electron chi connectivity index (χ1n) is 4.39. The average Bonchev–Trinajstić information content (AvgIpc) is 2.59. The number of rotatable bonds is 3. The second kappa shape index (κ2) is 3.64. The Morgan fingerprint density at radius 2 is 2.27 bits per heavy atom. The molecule has 15 heavy (non-hydrogen) atoms. The van der Waals surface area contributed by atoms with Gasteiger partial charge in [0.15, 0.2) is 5.65 Å². The Kier molecular flexibility index (Phi) is 2.32. The third-order valence-corrected chi connectivity index (χ3v) is 2.01. The summed E-state index contributed by atoms with van der Waals surface area (Å²) >= 11 is 0. The maximum absolute atomic E-state index is 13.3. The van der Waals surface area contributed by atoms with Crippen LogP contribution in [-0.4, -0.2) is 25.7 Å². The first-order valence-corrected chi connectivity index (χ1v) is 4.39. The lowest BCUT2D eigenvalue weighted by molar-refractivity contribution is -0.137. The molecule has 0 aliphatic heterocycles. The molecule has 0 aliphatic rings. The second-order valence-corrected chi connectivity index (χ2v) is 3.05. The van der Waals surface area contributed by atoms with Gasteiger partial charge in [-0.05, 0) is 12.1 Å². The van der Waals surface area contributed by atoms with Crippen molar-refractivity contribution in [3.8, 4) is 0 Å². The van der Waals surface area contributed by atoms with E-state index in [9.17, 15) is 9.18 Å². The Morgan fingerprint density at radius 3 is 3.00 bits per heavy atom. The molecular formula is C9H8FN3O2. The molecule has 0 saturated carbocycles. The zero-order valence-corrected chi connectivity index (χ0v) is 7.72. The Bertz CT molecular complexity index is 509. The molecule has 0 spiro atoms. The predicted octanol–water partition coefficient (Wildman–Crippen LogP) is 0.886. The molecule has 0 aliphatic carbocycles. The van der Waals surface area contributed by atoms with E-state index in [4.69, 9.17) is 5.11 Å². The minimum Gasteiger partial charge on any atom is -0.481 e. The van der Waals surface area contributed by atoms with Crippen molar-refractivity contribution in [1.29, 1.82) is 0 Å². The highest BCUT2D eigenvalue weighted by Gasteiger charge is 2.10. The van der Waals surface area contributed by atoms with E-state index in [2.05, 4.69) is 10.2 Å². The van der Waals surface area contributed by atoms with E-state index in [-0.39, 0.29) is 12.8 Å². The molecule has 2 rings (SSSR count). The smallest absolute Gasteiger partial charge is 0.303 e. The van der Waals surface area contributed by atoms with Crippen LogP contribution in [-0.2, 0) is 11.2 Å². The number of aryl methyl sites for hydroxylation is 1. The van der Waals surface area contributed by atoms with Crippen LogP contribution in [0.25, 0.3) is 5.65 Å².